The second-order valence-electron chi connectivity index (χ2n) is 5.88. The fourth-order valence-electron chi connectivity index (χ4n) is 3.14. The highest BCUT2D eigenvalue weighted by Gasteiger charge is 2.24. The van der Waals surface area contributed by atoms with Gasteiger partial charge in [-0.1, -0.05) is 13.0 Å². The van der Waals surface area contributed by atoms with Gasteiger partial charge in [-0.25, -0.2) is 0 Å². The molecule has 3 nitrogen and oxygen atoms in total. The number of hydrogen-bond acceptors (Lipinski definition) is 3. The van der Waals surface area contributed by atoms with Crippen molar-refractivity contribution in [2.75, 3.05) is 33.8 Å². The molecule has 0 bridgehead atoms. The van der Waals surface area contributed by atoms with Crippen molar-refractivity contribution in [3.05, 3.63) is 28.8 Å². The van der Waals surface area contributed by atoms with Gasteiger partial charge in [-0.3, -0.25) is 4.90 Å². The molecule has 0 amide bonds. The fourth-order valence-corrected chi connectivity index (χ4v) is 3.14. The van der Waals surface area contributed by atoms with Crippen LogP contribution in [0.3, 0.4) is 0 Å². The molecule has 0 radical (unpaired) electrons. The topological polar surface area (TPSA) is 15.7 Å². The summed E-state index contributed by atoms with van der Waals surface area (Å²) in [5.41, 5.74) is 4.26. The van der Waals surface area contributed by atoms with E-state index in [1.54, 1.807) is 0 Å². The van der Waals surface area contributed by atoms with Gasteiger partial charge in [0.1, 0.15) is 5.75 Å². The van der Waals surface area contributed by atoms with Gasteiger partial charge in [-0.2, -0.15) is 0 Å². The lowest BCUT2D eigenvalue weighted by atomic mass is 9.91. The minimum Gasteiger partial charge on any atom is -0.494 e. The summed E-state index contributed by atoms with van der Waals surface area (Å²) in [5.74, 6) is 1.06. The van der Waals surface area contributed by atoms with Gasteiger partial charge in [0.25, 0.3) is 0 Å². The normalized spacial score (nSPS) is 19.2. The number of ether oxygens (including phenoxy) is 1. The zero-order chi connectivity index (χ0) is 14.7. The SMILES string of the molecule is CCOc1cc2c(cc1CN(C)C)CCN(CC)C2C. The lowest BCUT2D eigenvalue weighted by molar-refractivity contribution is 0.208. The predicted octanol–water partition coefficient (Wildman–Crippen LogP) is 3.09. The van der Waals surface area contributed by atoms with E-state index < -0.39 is 0 Å². The van der Waals surface area contributed by atoms with Gasteiger partial charge >= 0.3 is 0 Å². The quantitative estimate of drug-likeness (QED) is 0.822. The van der Waals surface area contributed by atoms with Crippen LogP contribution in [0.25, 0.3) is 0 Å². The molecule has 0 N–H and O–H groups in total. The Kier molecular flexibility index (Phi) is 5.06. The van der Waals surface area contributed by atoms with Crippen molar-refractivity contribution in [3.63, 3.8) is 0 Å². The van der Waals surface area contributed by atoms with E-state index in [1.807, 2.05) is 0 Å². The maximum Gasteiger partial charge on any atom is 0.124 e. The minimum absolute atomic E-state index is 0.497. The minimum atomic E-state index is 0.497. The van der Waals surface area contributed by atoms with E-state index in [9.17, 15) is 0 Å². The summed E-state index contributed by atoms with van der Waals surface area (Å²) in [6.07, 6.45) is 1.15. The first-order valence-corrected chi connectivity index (χ1v) is 7.74. The average molecular weight is 276 g/mol. The van der Waals surface area contributed by atoms with E-state index in [4.69, 9.17) is 4.74 Å². The van der Waals surface area contributed by atoms with Gasteiger partial charge in [0.05, 0.1) is 6.61 Å². The summed E-state index contributed by atoms with van der Waals surface area (Å²) in [6, 6.07) is 5.14. The summed E-state index contributed by atoms with van der Waals surface area (Å²) in [4.78, 5) is 4.73. The smallest absolute Gasteiger partial charge is 0.124 e. The number of nitrogens with zero attached hydrogens (tertiary/aromatic N) is 2. The van der Waals surface area contributed by atoms with Gasteiger partial charge in [0.15, 0.2) is 0 Å². The van der Waals surface area contributed by atoms with Gasteiger partial charge in [-0.05, 0) is 58.1 Å². The predicted molar refractivity (Wildman–Crippen MR) is 84.4 cm³/mol. The first-order chi connectivity index (χ1) is 9.56. The summed E-state index contributed by atoms with van der Waals surface area (Å²) in [6.45, 7) is 10.6. The lowest BCUT2D eigenvalue weighted by Gasteiger charge is -2.35. The number of fused-ring (bicyclic) bond motifs is 1. The maximum absolute atomic E-state index is 5.88. The van der Waals surface area contributed by atoms with Crippen LogP contribution in [-0.4, -0.2) is 43.6 Å². The second-order valence-corrected chi connectivity index (χ2v) is 5.88. The Bertz CT molecular complexity index is 457. The largest absolute Gasteiger partial charge is 0.494 e. The van der Waals surface area contributed by atoms with Crippen molar-refractivity contribution >= 4 is 0 Å². The molecule has 1 unspecified atom stereocenters. The molecule has 20 heavy (non-hydrogen) atoms. The van der Waals surface area contributed by atoms with Crippen LogP contribution in [0, 0.1) is 0 Å². The number of rotatable bonds is 5. The van der Waals surface area contributed by atoms with Gasteiger partial charge in [-0.15, -0.1) is 0 Å². The standard InChI is InChI=1S/C17H28N2O/c1-6-19-9-8-14-10-15(12-18(4)5)17(20-7-2)11-16(14)13(19)3/h10-11,13H,6-9,12H2,1-5H3. The molecule has 1 atom stereocenters. The average Bonchev–Trinajstić information content (AvgIpc) is 2.40. The highest BCUT2D eigenvalue weighted by Crippen LogP contribution is 2.34. The van der Waals surface area contributed by atoms with Crippen LogP contribution in [-0.2, 0) is 13.0 Å². The Balaban J connectivity index is 2.38. The van der Waals surface area contributed by atoms with Crippen LogP contribution >= 0.6 is 0 Å². The molecule has 1 aliphatic heterocycles. The van der Waals surface area contributed by atoms with Crippen molar-refractivity contribution in [2.45, 2.75) is 39.8 Å². The highest BCUT2D eigenvalue weighted by molar-refractivity contribution is 5.45. The summed E-state index contributed by atoms with van der Waals surface area (Å²) in [7, 11) is 4.22. The Morgan fingerprint density at radius 2 is 2.05 bits per heavy atom. The Morgan fingerprint density at radius 3 is 2.65 bits per heavy atom. The second kappa shape index (κ2) is 6.59. The van der Waals surface area contributed by atoms with Crippen LogP contribution in [0.5, 0.6) is 5.75 Å². The molecular formula is C17H28N2O. The van der Waals surface area contributed by atoms with Crippen molar-refractivity contribution < 1.29 is 4.74 Å². The van der Waals surface area contributed by atoms with Gasteiger partial charge < -0.3 is 9.64 Å². The summed E-state index contributed by atoms with van der Waals surface area (Å²) in [5, 5.41) is 0. The van der Waals surface area contributed by atoms with E-state index in [2.05, 4.69) is 56.8 Å². The highest BCUT2D eigenvalue weighted by atomic mass is 16.5. The third-order valence-electron chi connectivity index (χ3n) is 4.18. The van der Waals surface area contributed by atoms with Crippen LogP contribution in [0.1, 0.15) is 43.5 Å². The van der Waals surface area contributed by atoms with E-state index >= 15 is 0 Å². The number of hydrogen-bond donors (Lipinski definition) is 0. The molecule has 1 aromatic carbocycles. The molecule has 3 heteroatoms. The summed E-state index contributed by atoms with van der Waals surface area (Å²) >= 11 is 0. The Labute approximate surface area is 123 Å². The van der Waals surface area contributed by atoms with Crippen LogP contribution in [0.15, 0.2) is 12.1 Å². The molecule has 1 aromatic rings. The van der Waals surface area contributed by atoms with Crippen molar-refractivity contribution in [1.82, 2.24) is 9.80 Å². The summed E-state index contributed by atoms with van der Waals surface area (Å²) < 4.78 is 5.88. The van der Waals surface area contributed by atoms with Gasteiger partial charge in [0, 0.05) is 24.7 Å². The molecule has 2 rings (SSSR count). The van der Waals surface area contributed by atoms with Crippen molar-refractivity contribution in [3.8, 4) is 5.75 Å². The molecule has 0 aromatic heterocycles. The van der Waals surface area contributed by atoms with Crippen molar-refractivity contribution in [1.29, 1.82) is 0 Å². The fraction of sp³-hybridized carbons (Fsp3) is 0.647. The molecular weight excluding hydrogens is 248 g/mol. The monoisotopic (exact) mass is 276 g/mol. The van der Waals surface area contributed by atoms with Gasteiger partial charge in [0.2, 0.25) is 0 Å². The van der Waals surface area contributed by atoms with E-state index in [1.165, 1.54) is 23.2 Å². The molecule has 112 valence electrons. The van der Waals surface area contributed by atoms with Crippen molar-refractivity contribution in [2.24, 2.45) is 0 Å². The van der Waals surface area contributed by atoms with E-state index in [0.29, 0.717) is 6.04 Å². The number of likely N-dealkylation sites (N-methyl/N-ethyl adjacent to an activating group) is 1. The molecule has 0 fully saturated rings. The zero-order valence-electron chi connectivity index (χ0n) is 13.6. The van der Waals surface area contributed by atoms with Crippen LogP contribution < -0.4 is 4.74 Å². The van der Waals surface area contributed by atoms with Crippen LogP contribution in [0.2, 0.25) is 0 Å². The molecule has 1 heterocycles. The Hall–Kier alpha value is -1.06. The first-order valence-electron chi connectivity index (χ1n) is 7.74. The Morgan fingerprint density at radius 1 is 1.30 bits per heavy atom. The molecule has 0 aliphatic carbocycles. The maximum atomic E-state index is 5.88. The molecule has 0 spiro atoms. The third-order valence-corrected chi connectivity index (χ3v) is 4.18. The molecule has 0 saturated heterocycles. The van der Waals surface area contributed by atoms with E-state index in [0.717, 1.165) is 31.9 Å². The molecule has 0 saturated carbocycles. The third kappa shape index (κ3) is 3.15. The number of benzene rings is 1. The van der Waals surface area contributed by atoms with Crippen LogP contribution in [0.4, 0.5) is 0 Å². The lowest BCUT2D eigenvalue weighted by Crippen LogP contribution is -2.33. The first kappa shape index (κ1) is 15.3. The zero-order valence-corrected chi connectivity index (χ0v) is 13.6. The van der Waals surface area contributed by atoms with E-state index in [-0.39, 0.29) is 0 Å². The molecule has 1 aliphatic rings.